The Labute approximate surface area is 230 Å². The number of ether oxygens (including phenoxy) is 2. The number of aliphatic hydroxyl groups is 2. The average molecular weight is 545 g/mol. The molecule has 7 atom stereocenters. The molecule has 2 saturated heterocycles. The zero-order chi connectivity index (χ0) is 28.5. The predicted octanol–water partition coefficient (Wildman–Crippen LogP) is 4.36. The Morgan fingerprint density at radius 1 is 1.18 bits per heavy atom. The van der Waals surface area contributed by atoms with Crippen LogP contribution in [0.4, 0.5) is 0 Å². The number of esters is 1. The van der Waals surface area contributed by atoms with Crippen molar-refractivity contribution in [2.45, 2.75) is 116 Å². The van der Waals surface area contributed by atoms with E-state index in [1.54, 1.807) is 19.9 Å². The van der Waals surface area contributed by atoms with E-state index in [1.165, 1.54) is 0 Å². The van der Waals surface area contributed by atoms with Crippen molar-refractivity contribution in [2.24, 2.45) is 23.0 Å². The van der Waals surface area contributed by atoms with E-state index in [0.717, 1.165) is 31.2 Å². The second-order valence-electron chi connectivity index (χ2n) is 12.2. The molecule has 0 aliphatic carbocycles. The largest absolute Gasteiger partial charge is 0.457 e. The minimum Gasteiger partial charge on any atom is -0.457 e. The molecular formula is C30H44N2O7. The van der Waals surface area contributed by atoms with Crippen LogP contribution in [0.3, 0.4) is 0 Å². The fourth-order valence-electron chi connectivity index (χ4n) is 5.91. The smallest absolute Gasteiger partial charge is 0.309 e. The molecule has 4 rings (SSSR count). The van der Waals surface area contributed by atoms with E-state index in [-0.39, 0.29) is 36.4 Å². The summed E-state index contributed by atoms with van der Waals surface area (Å²) in [6.45, 7) is 9.48. The Kier molecular flexibility index (Phi) is 8.86. The molecule has 2 aliphatic rings. The van der Waals surface area contributed by atoms with Crippen molar-refractivity contribution in [3.8, 4) is 0 Å². The van der Waals surface area contributed by atoms with Gasteiger partial charge in [0.2, 0.25) is 5.89 Å². The zero-order valence-corrected chi connectivity index (χ0v) is 23.8. The lowest BCUT2D eigenvalue weighted by Gasteiger charge is -2.36. The number of fused-ring (bicyclic) bond motifs is 2. The van der Waals surface area contributed by atoms with Crippen molar-refractivity contribution in [1.82, 2.24) is 4.98 Å². The molecule has 0 saturated carbocycles. The van der Waals surface area contributed by atoms with Crippen LogP contribution < -0.4 is 5.73 Å². The number of aliphatic hydroxyl groups excluding tert-OH is 2. The summed E-state index contributed by atoms with van der Waals surface area (Å²) in [5, 5.41) is 22.3. The minimum absolute atomic E-state index is 0.0857. The van der Waals surface area contributed by atoms with E-state index in [1.807, 2.05) is 26.0 Å². The molecule has 2 fully saturated rings. The first-order valence-corrected chi connectivity index (χ1v) is 14.3. The van der Waals surface area contributed by atoms with E-state index in [4.69, 9.17) is 19.6 Å². The molecule has 2 aromatic rings. The molecule has 2 aliphatic heterocycles. The summed E-state index contributed by atoms with van der Waals surface area (Å²) < 4.78 is 17.7. The Balaban J connectivity index is 1.63. The second-order valence-corrected chi connectivity index (χ2v) is 12.2. The lowest BCUT2D eigenvalue weighted by Crippen LogP contribution is -2.46. The van der Waals surface area contributed by atoms with Gasteiger partial charge in [-0.1, -0.05) is 46.6 Å². The fourth-order valence-corrected chi connectivity index (χ4v) is 5.91. The summed E-state index contributed by atoms with van der Waals surface area (Å²) in [4.78, 5) is 31.2. The van der Waals surface area contributed by atoms with Crippen LogP contribution in [0.25, 0.3) is 11.1 Å². The fraction of sp³-hybridized carbons (Fsp3) is 0.700. The maximum Gasteiger partial charge on any atom is 0.309 e. The van der Waals surface area contributed by atoms with Crippen molar-refractivity contribution >= 4 is 22.9 Å². The number of carbonyl (C=O) groups is 2. The lowest BCUT2D eigenvalue weighted by molar-refractivity contribution is -0.156. The highest BCUT2D eigenvalue weighted by Gasteiger charge is 2.53. The highest BCUT2D eigenvalue weighted by atomic mass is 16.6. The van der Waals surface area contributed by atoms with E-state index < -0.39 is 35.6 Å². The predicted molar refractivity (Wildman–Crippen MR) is 145 cm³/mol. The lowest BCUT2D eigenvalue weighted by atomic mass is 9.71. The summed E-state index contributed by atoms with van der Waals surface area (Å²) in [6, 6.07) is 5.45. The quantitative estimate of drug-likeness (QED) is 0.377. The number of nitrogens with two attached hydrogens (primary N) is 1. The van der Waals surface area contributed by atoms with E-state index >= 15 is 0 Å². The van der Waals surface area contributed by atoms with Crippen LogP contribution in [0.5, 0.6) is 0 Å². The number of rotatable bonds is 4. The summed E-state index contributed by atoms with van der Waals surface area (Å²) in [6.07, 6.45) is 0.938. The van der Waals surface area contributed by atoms with Gasteiger partial charge in [-0.15, -0.1) is 0 Å². The Hall–Kier alpha value is -2.33. The molecule has 0 spiro atoms. The third-order valence-electron chi connectivity index (χ3n) is 8.83. The molecule has 39 heavy (non-hydrogen) atoms. The van der Waals surface area contributed by atoms with Crippen molar-refractivity contribution in [3.05, 3.63) is 29.7 Å². The maximum atomic E-state index is 13.7. The molecular weight excluding hydrogens is 500 g/mol. The van der Waals surface area contributed by atoms with Crippen LogP contribution in [0.1, 0.15) is 97.1 Å². The topological polar surface area (TPSA) is 148 Å². The number of hydrogen-bond donors (Lipinski definition) is 3. The monoisotopic (exact) mass is 544 g/mol. The molecule has 0 bridgehead atoms. The van der Waals surface area contributed by atoms with Crippen LogP contribution in [-0.4, -0.2) is 50.9 Å². The van der Waals surface area contributed by atoms with Crippen molar-refractivity contribution < 1.29 is 33.7 Å². The first-order valence-electron chi connectivity index (χ1n) is 14.3. The van der Waals surface area contributed by atoms with Gasteiger partial charge < -0.3 is 29.8 Å². The van der Waals surface area contributed by atoms with Gasteiger partial charge in [-0.25, -0.2) is 4.98 Å². The van der Waals surface area contributed by atoms with E-state index in [0.29, 0.717) is 29.8 Å². The normalized spacial score (nSPS) is 34.5. The van der Waals surface area contributed by atoms with Gasteiger partial charge in [0.25, 0.3) is 0 Å². The van der Waals surface area contributed by atoms with Crippen LogP contribution >= 0.6 is 0 Å². The third-order valence-corrected chi connectivity index (χ3v) is 8.83. The number of aromatic nitrogens is 1. The molecule has 9 heteroatoms. The van der Waals surface area contributed by atoms with Gasteiger partial charge in [-0.2, -0.15) is 0 Å². The number of Topliss-reactive ketones (excluding diaryl/α,β-unsaturated/α-hetero) is 1. The molecule has 9 nitrogen and oxygen atoms in total. The molecule has 4 N–H and O–H groups in total. The summed E-state index contributed by atoms with van der Waals surface area (Å²) >= 11 is 0. The summed E-state index contributed by atoms with van der Waals surface area (Å²) in [5.74, 6) is -1.10. The van der Waals surface area contributed by atoms with E-state index in [2.05, 4.69) is 11.9 Å². The molecule has 3 heterocycles. The Morgan fingerprint density at radius 2 is 1.92 bits per heavy atom. The van der Waals surface area contributed by atoms with Gasteiger partial charge in [0, 0.05) is 12.3 Å². The van der Waals surface area contributed by atoms with Crippen molar-refractivity contribution in [2.75, 3.05) is 0 Å². The summed E-state index contributed by atoms with van der Waals surface area (Å²) in [7, 11) is 0. The van der Waals surface area contributed by atoms with Gasteiger partial charge in [0.15, 0.2) is 5.58 Å². The maximum absolute atomic E-state index is 13.7. The van der Waals surface area contributed by atoms with Gasteiger partial charge in [-0.3, -0.25) is 9.59 Å². The Bertz CT molecular complexity index is 1180. The summed E-state index contributed by atoms with van der Waals surface area (Å²) in [5.41, 5.74) is 6.06. The standard InChI is InChI=1S/C30H44N2O7/c1-6-8-19-27(35)17(2)9-7-12-30(5)24(39-30)14-22(38-26(34)15-23(33)29(3,4)28(19)36)18-10-11-21-20(13-18)32-25(16-31)37-21/h10-11,13,17,19,22-24,27,33,35H,6-9,12,14-16,31H2,1-5H3/t17-,19+,22-,23-,24-,27-,30+/m0/s1. The number of carbonyl (C=O) groups excluding carboxylic acids is 2. The van der Waals surface area contributed by atoms with Crippen LogP contribution in [0, 0.1) is 17.3 Å². The zero-order valence-electron chi connectivity index (χ0n) is 23.8. The number of hydrogen-bond acceptors (Lipinski definition) is 9. The van der Waals surface area contributed by atoms with E-state index in [9.17, 15) is 19.8 Å². The number of nitrogens with zero attached hydrogens (tertiary/aromatic N) is 1. The molecule has 1 aromatic carbocycles. The number of epoxide rings is 1. The molecule has 216 valence electrons. The Morgan fingerprint density at radius 3 is 2.62 bits per heavy atom. The minimum atomic E-state index is -1.26. The van der Waals surface area contributed by atoms with Gasteiger partial charge in [0.05, 0.1) is 42.3 Å². The SMILES string of the molecule is CCC[C@H]1C(=O)C(C)(C)[C@@H](O)CC(=O)O[C@H](c2ccc3oc(CN)nc3c2)C[C@@H]2O[C@]2(C)CCC[C@H](C)[C@@H]1O. The van der Waals surface area contributed by atoms with Crippen LogP contribution in [0.2, 0.25) is 0 Å². The second kappa shape index (κ2) is 11.6. The van der Waals surface area contributed by atoms with Crippen molar-refractivity contribution in [1.29, 1.82) is 0 Å². The third kappa shape index (κ3) is 6.37. The molecule has 1 aromatic heterocycles. The van der Waals surface area contributed by atoms with Gasteiger partial charge in [0.1, 0.15) is 17.4 Å². The number of cyclic esters (lactones) is 1. The first-order chi connectivity index (χ1) is 18.4. The highest BCUT2D eigenvalue weighted by Crippen LogP contribution is 2.47. The van der Waals surface area contributed by atoms with Gasteiger partial charge >= 0.3 is 5.97 Å². The molecule has 0 amide bonds. The van der Waals surface area contributed by atoms with Crippen LogP contribution in [-0.2, 0) is 25.6 Å². The average Bonchev–Trinajstić information content (AvgIpc) is 3.33. The van der Waals surface area contributed by atoms with Gasteiger partial charge in [-0.05, 0) is 49.8 Å². The van der Waals surface area contributed by atoms with Crippen LogP contribution in [0.15, 0.2) is 22.6 Å². The number of ketones is 1. The first kappa shape index (κ1) is 29.6. The molecule has 0 radical (unpaired) electrons. The number of oxazole rings is 1. The number of benzene rings is 1. The van der Waals surface area contributed by atoms with Crippen molar-refractivity contribution in [3.63, 3.8) is 0 Å². The molecule has 0 unspecified atom stereocenters. The highest BCUT2D eigenvalue weighted by molar-refractivity contribution is 5.88.